The number of hydrogen-bond acceptors (Lipinski definition) is 1. The van der Waals surface area contributed by atoms with Gasteiger partial charge in [-0.15, -0.1) is 0 Å². The van der Waals surface area contributed by atoms with E-state index in [2.05, 4.69) is 95.6 Å². The number of fused-ring (bicyclic) bond motifs is 3. The molecule has 4 aromatic rings. The summed E-state index contributed by atoms with van der Waals surface area (Å²) in [5, 5.41) is 3.71. The minimum absolute atomic E-state index is 0.264. The monoisotopic (exact) mass is 396 g/mol. The van der Waals surface area contributed by atoms with E-state index in [0.717, 1.165) is 17.9 Å². The van der Waals surface area contributed by atoms with Gasteiger partial charge in [0, 0.05) is 17.5 Å². The summed E-state index contributed by atoms with van der Waals surface area (Å²) in [6, 6.07) is 15.8. The third kappa shape index (κ3) is 2.89. The van der Waals surface area contributed by atoms with E-state index in [1.807, 2.05) is 0 Å². The lowest BCUT2D eigenvalue weighted by molar-refractivity contribution is -0.633. The van der Waals surface area contributed by atoms with Gasteiger partial charge in [0.15, 0.2) is 5.75 Å². The average molecular weight is 397 g/mol. The van der Waals surface area contributed by atoms with E-state index in [4.69, 9.17) is 4.74 Å². The number of aromatic nitrogens is 1. The first-order chi connectivity index (χ1) is 14.1. The Morgan fingerprint density at radius 2 is 1.63 bits per heavy atom. The van der Waals surface area contributed by atoms with Crippen LogP contribution in [0.3, 0.4) is 0 Å². The highest BCUT2D eigenvalue weighted by molar-refractivity contribution is 6.05. The van der Waals surface area contributed by atoms with Crippen molar-refractivity contribution < 1.29 is 9.30 Å². The summed E-state index contributed by atoms with van der Waals surface area (Å²) in [7, 11) is 2.18. The maximum Gasteiger partial charge on any atom is 0.256 e. The fourth-order valence-corrected chi connectivity index (χ4v) is 4.97. The van der Waals surface area contributed by atoms with Crippen LogP contribution < -0.4 is 9.30 Å². The molecule has 0 unspecified atom stereocenters. The number of rotatable bonds is 1. The van der Waals surface area contributed by atoms with Crippen LogP contribution in [0, 0.1) is 26.2 Å². The summed E-state index contributed by atoms with van der Waals surface area (Å²) >= 11 is 0. The molecule has 152 valence electrons. The van der Waals surface area contributed by atoms with E-state index < -0.39 is 0 Å². The van der Waals surface area contributed by atoms with E-state index in [9.17, 15) is 0 Å². The van der Waals surface area contributed by atoms with Gasteiger partial charge in [0.2, 0.25) is 5.52 Å². The molecule has 2 nitrogen and oxygen atoms in total. The van der Waals surface area contributed by atoms with Gasteiger partial charge >= 0.3 is 0 Å². The normalized spacial score (nSPS) is 12.9. The van der Waals surface area contributed by atoms with Crippen LogP contribution >= 0.6 is 0 Å². The summed E-state index contributed by atoms with van der Waals surface area (Å²) in [5.74, 6) is 1.92. The number of benzene rings is 3. The van der Waals surface area contributed by atoms with Crippen LogP contribution in [0.15, 0.2) is 42.5 Å². The highest BCUT2D eigenvalue weighted by Crippen LogP contribution is 2.48. The highest BCUT2D eigenvalue weighted by Gasteiger charge is 2.31. The molecule has 0 aliphatic carbocycles. The van der Waals surface area contributed by atoms with Crippen LogP contribution in [-0.4, -0.2) is 0 Å². The molecule has 0 radical (unpaired) electrons. The smallest absolute Gasteiger partial charge is 0.256 e. The quantitative estimate of drug-likeness (QED) is 0.275. The van der Waals surface area contributed by atoms with Crippen molar-refractivity contribution in [1.29, 1.82) is 0 Å². The number of aryl methyl sites for hydroxylation is 3. The van der Waals surface area contributed by atoms with Crippen LogP contribution in [0.4, 0.5) is 0 Å². The number of hydrogen-bond donors (Lipinski definition) is 0. The van der Waals surface area contributed by atoms with E-state index in [1.54, 1.807) is 0 Å². The third-order valence-corrected chi connectivity index (χ3v) is 6.37. The van der Waals surface area contributed by atoms with E-state index >= 15 is 0 Å². The van der Waals surface area contributed by atoms with Crippen LogP contribution in [0.1, 0.15) is 43.0 Å². The fourth-order valence-electron chi connectivity index (χ4n) is 4.97. The molecule has 2 heterocycles. The summed E-state index contributed by atoms with van der Waals surface area (Å²) < 4.78 is 8.84. The van der Waals surface area contributed by atoms with Crippen LogP contribution in [-0.2, 0) is 13.5 Å². The third-order valence-electron chi connectivity index (χ3n) is 6.37. The second-order valence-corrected chi connectivity index (χ2v) is 10.2. The minimum Gasteiger partial charge on any atom is -0.450 e. The Kier molecular flexibility index (Phi) is 4.02. The zero-order valence-electron chi connectivity index (χ0n) is 19.1. The molecule has 5 rings (SSSR count). The molecule has 0 saturated carbocycles. The van der Waals surface area contributed by atoms with E-state index in [0.29, 0.717) is 0 Å². The van der Waals surface area contributed by atoms with Crippen molar-refractivity contribution in [3.8, 4) is 22.8 Å². The minimum atomic E-state index is 0.264. The first-order valence-electron chi connectivity index (χ1n) is 10.8. The Hall–Kier alpha value is -2.87. The number of pyridine rings is 1. The van der Waals surface area contributed by atoms with Crippen LogP contribution in [0.25, 0.3) is 32.9 Å². The first-order valence-corrected chi connectivity index (χ1v) is 10.8. The Morgan fingerprint density at radius 1 is 0.867 bits per heavy atom. The second kappa shape index (κ2) is 6.31. The van der Waals surface area contributed by atoms with Gasteiger partial charge in [-0.2, -0.15) is 4.57 Å². The predicted molar refractivity (Wildman–Crippen MR) is 126 cm³/mol. The fraction of sp³-hybridized carbons (Fsp3) is 0.321. The van der Waals surface area contributed by atoms with Gasteiger partial charge in [0.05, 0.1) is 10.9 Å². The molecule has 2 heteroatoms. The van der Waals surface area contributed by atoms with Gasteiger partial charge in [-0.05, 0) is 72.4 Å². The van der Waals surface area contributed by atoms with Gasteiger partial charge < -0.3 is 4.74 Å². The van der Waals surface area contributed by atoms with Crippen molar-refractivity contribution in [2.75, 3.05) is 0 Å². The molecular weight excluding hydrogens is 366 g/mol. The van der Waals surface area contributed by atoms with Gasteiger partial charge in [-0.25, -0.2) is 0 Å². The molecule has 0 N–H and O–H groups in total. The summed E-state index contributed by atoms with van der Waals surface area (Å²) in [6.07, 6.45) is 1.06. The molecule has 3 aromatic carbocycles. The molecule has 30 heavy (non-hydrogen) atoms. The maximum absolute atomic E-state index is 6.50. The highest BCUT2D eigenvalue weighted by atomic mass is 16.5. The number of nitrogens with zero attached hydrogens (tertiary/aromatic N) is 1. The first kappa shape index (κ1) is 19.1. The summed E-state index contributed by atoms with van der Waals surface area (Å²) in [5.41, 5.74) is 9.27. The van der Waals surface area contributed by atoms with Gasteiger partial charge in [-0.3, -0.25) is 0 Å². The molecule has 0 bridgehead atoms. The van der Waals surface area contributed by atoms with Gasteiger partial charge in [0.25, 0.3) is 5.69 Å². The van der Waals surface area contributed by atoms with Gasteiger partial charge in [-0.1, -0.05) is 39.0 Å². The van der Waals surface area contributed by atoms with E-state index in [1.165, 1.54) is 55.2 Å². The molecule has 1 aliphatic rings. The molecular formula is C28H30NO+. The van der Waals surface area contributed by atoms with Gasteiger partial charge in [0.1, 0.15) is 12.8 Å². The number of ether oxygens (including phenoxy) is 1. The standard InChI is InChI=1S/C28H30NO/c1-16-10-21-12-17(2)18(3)25-26(21)23(11-16)30-24-14-20-9-8-19(15-28(4,5)6)13-22(20)29(7)27(24)25/h8-14H,15H2,1-7H3/q+1. The lowest BCUT2D eigenvalue weighted by Gasteiger charge is -2.23. The van der Waals surface area contributed by atoms with E-state index in [-0.39, 0.29) is 5.41 Å². The van der Waals surface area contributed by atoms with Crippen molar-refractivity contribution in [3.05, 3.63) is 64.7 Å². The Labute approximate surface area is 179 Å². The zero-order chi connectivity index (χ0) is 21.4. The summed E-state index contributed by atoms with van der Waals surface area (Å²) in [4.78, 5) is 0. The van der Waals surface area contributed by atoms with Crippen molar-refractivity contribution in [1.82, 2.24) is 0 Å². The molecule has 0 saturated heterocycles. The zero-order valence-corrected chi connectivity index (χ0v) is 19.1. The molecule has 0 amide bonds. The van der Waals surface area contributed by atoms with Crippen molar-refractivity contribution in [2.45, 2.75) is 48.0 Å². The van der Waals surface area contributed by atoms with Crippen molar-refractivity contribution >= 4 is 21.7 Å². The lowest BCUT2D eigenvalue weighted by atomic mass is 9.87. The molecule has 1 aliphatic heterocycles. The van der Waals surface area contributed by atoms with Crippen molar-refractivity contribution in [2.24, 2.45) is 12.5 Å². The SMILES string of the molecule is Cc1cc2c3c(c(C)c(C)cc3c1)-c1c(cc3ccc(CC(C)(C)C)cc3[n+]1C)O2. The second-order valence-electron chi connectivity index (χ2n) is 10.2. The van der Waals surface area contributed by atoms with Crippen molar-refractivity contribution in [3.63, 3.8) is 0 Å². The summed E-state index contributed by atoms with van der Waals surface area (Å²) in [6.45, 7) is 13.5. The topological polar surface area (TPSA) is 13.1 Å². The Balaban J connectivity index is 1.85. The molecule has 0 atom stereocenters. The van der Waals surface area contributed by atoms with Crippen LogP contribution in [0.5, 0.6) is 11.5 Å². The Morgan fingerprint density at radius 3 is 2.37 bits per heavy atom. The lowest BCUT2D eigenvalue weighted by Crippen LogP contribution is -2.33. The maximum atomic E-state index is 6.50. The molecule has 1 aromatic heterocycles. The predicted octanol–water partition coefficient (Wildman–Crippen LogP) is 7.10. The largest absolute Gasteiger partial charge is 0.450 e. The Bertz CT molecular complexity index is 1360. The average Bonchev–Trinajstić information content (AvgIpc) is 2.64. The van der Waals surface area contributed by atoms with Crippen LogP contribution in [0.2, 0.25) is 0 Å². The molecule has 0 spiro atoms. The molecule has 0 fully saturated rings.